The van der Waals surface area contributed by atoms with Gasteiger partial charge in [-0.2, -0.15) is 0 Å². The van der Waals surface area contributed by atoms with Gasteiger partial charge in [0.1, 0.15) is 10.8 Å². The van der Waals surface area contributed by atoms with Crippen LogP contribution in [0.4, 0.5) is 4.39 Å². The zero-order chi connectivity index (χ0) is 8.72. The van der Waals surface area contributed by atoms with Gasteiger partial charge in [0.25, 0.3) is 0 Å². The van der Waals surface area contributed by atoms with Crippen LogP contribution in [0, 0.1) is 5.82 Å². The van der Waals surface area contributed by atoms with E-state index in [1.54, 1.807) is 12.3 Å². The van der Waals surface area contributed by atoms with Crippen LogP contribution in [0.3, 0.4) is 0 Å². The zero-order valence-electron chi connectivity index (χ0n) is 5.94. The lowest BCUT2D eigenvalue weighted by Gasteiger charge is -1.95. The molecule has 1 heterocycles. The van der Waals surface area contributed by atoms with Crippen LogP contribution in [-0.2, 0) is 0 Å². The van der Waals surface area contributed by atoms with Gasteiger partial charge in [-0.15, -0.1) is 12.6 Å². The van der Waals surface area contributed by atoms with E-state index in [9.17, 15) is 4.39 Å². The summed E-state index contributed by atoms with van der Waals surface area (Å²) in [6.45, 7) is 0. The minimum atomic E-state index is -0.417. The standard InChI is InChI=1S/C8H5ClFNS/c9-7-5(10)2-1-4-6(12)3-11-8(4)7/h1-3,11-12H. The van der Waals surface area contributed by atoms with E-state index < -0.39 is 5.82 Å². The minimum Gasteiger partial charge on any atom is -0.359 e. The molecule has 0 atom stereocenters. The number of rotatable bonds is 0. The van der Waals surface area contributed by atoms with Gasteiger partial charge in [0.05, 0.1) is 5.52 Å². The smallest absolute Gasteiger partial charge is 0.143 e. The van der Waals surface area contributed by atoms with Crippen molar-refractivity contribution in [3.8, 4) is 0 Å². The molecule has 0 bridgehead atoms. The molecule has 2 rings (SSSR count). The fourth-order valence-corrected chi connectivity index (χ4v) is 1.59. The van der Waals surface area contributed by atoms with Gasteiger partial charge in [-0.25, -0.2) is 4.39 Å². The quantitative estimate of drug-likeness (QED) is 0.609. The van der Waals surface area contributed by atoms with Gasteiger partial charge in [0.2, 0.25) is 0 Å². The fourth-order valence-electron chi connectivity index (χ4n) is 1.12. The molecule has 1 N–H and O–H groups in total. The van der Waals surface area contributed by atoms with Crippen molar-refractivity contribution in [2.24, 2.45) is 0 Å². The Balaban J connectivity index is 2.93. The number of nitrogens with one attached hydrogen (secondary N) is 1. The first-order valence-corrected chi connectivity index (χ1v) is 4.16. The second-order valence-electron chi connectivity index (χ2n) is 2.46. The molecule has 0 aliphatic rings. The largest absolute Gasteiger partial charge is 0.359 e. The topological polar surface area (TPSA) is 15.8 Å². The first-order chi connectivity index (χ1) is 5.70. The summed E-state index contributed by atoms with van der Waals surface area (Å²) in [5.74, 6) is -0.417. The van der Waals surface area contributed by atoms with E-state index in [4.69, 9.17) is 11.6 Å². The van der Waals surface area contributed by atoms with Crippen molar-refractivity contribution in [2.45, 2.75) is 4.90 Å². The molecule has 0 fully saturated rings. The highest BCUT2D eigenvalue weighted by Gasteiger charge is 2.07. The normalized spacial score (nSPS) is 10.9. The monoisotopic (exact) mass is 201 g/mol. The maximum atomic E-state index is 12.9. The van der Waals surface area contributed by atoms with E-state index >= 15 is 0 Å². The second kappa shape index (κ2) is 2.68. The Bertz CT molecular complexity index is 438. The fraction of sp³-hybridized carbons (Fsp3) is 0. The Morgan fingerprint density at radius 1 is 1.42 bits per heavy atom. The molecule has 4 heteroatoms. The lowest BCUT2D eigenvalue weighted by atomic mass is 10.2. The Morgan fingerprint density at radius 2 is 2.17 bits per heavy atom. The molecule has 1 aromatic carbocycles. The molecule has 1 aromatic heterocycles. The first kappa shape index (κ1) is 7.95. The number of benzene rings is 1. The summed E-state index contributed by atoms with van der Waals surface area (Å²) < 4.78 is 12.9. The molecule has 0 saturated heterocycles. The molecule has 2 aromatic rings. The van der Waals surface area contributed by atoms with Gasteiger partial charge in [-0.3, -0.25) is 0 Å². The van der Waals surface area contributed by atoms with Crippen molar-refractivity contribution in [2.75, 3.05) is 0 Å². The van der Waals surface area contributed by atoms with Crippen molar-refractivity contribution in [3.63, 3.8) is 0 Å². The molecule has 62 valence electrons. The Kier molecular flexibility index (Phi) is 1.77. The lowest BCUT2D eigenvalue weighted by Crippen LogP contribution is -1.77. The van der Waals surface area contributed by atoms with Gasteiger partial charge in [-0.1, -0.05) is 11.6 Å². The first-order valence-electron chi connectivity index (χ1n) is 3.34. The average molecular weight is 202 g/mol. The summed E-state index contributed by atoms with van der Waals surface area (Å²) in [5, 5.41) is 0.956. The van der Waals surface area contributed by atoms with Crippen LogP contribution in [0.15, 0.2) is 23.2 Å². The molecule has 0 spiro atoms. The summed E-state index contributed by atoms with van der Waals surface area (Å²) in [4.78, 5) is 3.62. The maximum Gasteiger partial charge on any atom is 0.143 e. The van der Waals surface area contributed by atoms with E-state index in [0.717, 1.165) is 10.3 Å². The molecule has 1 nitrogen and oxygen atoms in total. The Morgan fingerprint density at radius 3 is 2.92 bits per heavy atom. The molecule has 12 heavy (non-hydrogen) atoms. The predicted octanol–water partition coefficient (Wildman–Crippen LogP) is 3.25. The van der Waals surface area contributed by atoms with Gasteiger partial charge in [0, 0.05) is 16.5 Å². The van der Waals surface area contributed by atoms with Crippen LogP contribution >= 0.6 is 24.2 Å². The van der Waals surface area contributed by atoms with Crippen LogP contribution in [-0.4, -0.2) is 4.98 Å². The third-order valence-electron chi connectivity index (χ3n) is 1.72. The molecule has 0 unspecified atom stereocenters. The highest BCUT2D eigenvalue weighted by atomic mass is 35.5. The Labute approximate surface area is 78.9 Å². The maximum absolute atomic E-state index is 12.9. The molecule has 0 aliphatic carbocycles. The number of fused-ring (bicyclic) bond motifs is 1. The highest BCUT2D eigenvalue weighted by molar-refractivity contribution is 7.80. The second-order valence-corrected chi connectivity index (χ2v) is 3.32. The number of aromatic nitrogens is 1. The van der Waals surface area contributed by atoms with Gasteiger partial charge in [0.15, 0.2) is 0 Å². The zero-order valence-corrected chi connectivity index (χ0v) is 7.59. The van der Waals surface area contributed by atoms with Crippen molar-refractivity contribution in [1.82, 2.24) is 4.98 Å². The van der Waals surface area contributed by atoms with Crippen LogP contribution in [0.2, 0.25) is 5.02 Å². The highest BCUT2D eigenvalue weighted by Crippen LogP contribution is 2.29. The van der Waals surface area contributed by atoms with Crippen molar-refractivity contribution in [3.05, 3.63) is 29.2 Å². The average Bonchev–Trinajstić information content (AvgIpc) is 2.41. The lowest BCUT2D eigenvalue weighted by molar-refractivity contribution is 0.630. The minimum absolute atomic E-state index is 0.118. The van der Waals surface area contributed by atoms with Crippen molar-refractivity contribution in [1.29, 1.82) is 0 Å². The summed E-state index contributed by atoms with van der Waals surface area (Å²) in [6.07, 6.45) is 1.68. The summed E-state index contributed by atoms with van der Waals surface area (Å²) >= 11 is 9.87. The number of halogens is 2. The van der Waals surface area contributed by atoms with E-state index in [-0.39, 0.29) is 5.02 Å². The number of hydrogen-bond acceptors (Lipinski definition) is 1. The third kappa shape index (κ3) is 1.01. The summed E-state index contributed by atoms with van der Waals surface area (Å²) in [6, 6.07) is 2.98. The molecule has 0 amide bonds. The Hall–Kier alpha value is -0.670. The van der Waals surface area contributed by atoms with E-state index in [0.29, 0.717) is 5.52 Å². The molecular weight excluding hydrogens is 197 g/mol. The van der Waals surface area contributed by atoms with Crippen LogP contribution < -0.4 is 0 Å². The predicted molar refractivity (Wildman–Crippen MR) is 50.5 cm³/mol. The van der Waals surface area contributed by atoms with Crippen LogP contribution in [0.5, 0.6) is 0 Å². The van der Waals surface area contributed by atoms with E-state index in [2.05, 4.69) is 17.6 Å². The summed E-state index contributed by atoms with van der Waals surface area (Å²) in [5.41, 5.74) is 0.599. The molecule has 0 saturated carbocycles. The number of H-pyrrole nitrogens is 1. The van der Waals surface area contributed by atoms with Gasteiger partial charge in [-0.05, 0) is 12.1 Å². The van der Waals surface area contributed by atoms with E-state index in [1.165, 1.54) is 6.07 Å². The van der Waals surface area contributed by atoms with Gasteiger partial charge >= 0.3 is 0 Å². The van der Waals surface area contributed by atoms with E-state index in [1.807, 2.05) is 0 Å². The number of thiol groups is 1. The SMILES string of the molecule is Fc1ccc2c(S)c[nH]c2c1Cl. The number of hydrogen-bond donors (Lipinski definition) is 2. The molecule has 0 aliphatic heterocycles. The van der Waals surface area contributed by atoms with Crippen molar-refractivity contribution < 1.29 is 4.39 Å². The van der Waals surface area contributed by atoms with Gasteiger partial charge < -0.3 is 4.98 Å². The van der Waals surface area contributed by atoms with Crippen molar-refractivity contribution >= 4 is 35.1 Å². The third-order valence-corrected chi connectivity index (χ3v) is 2.46. The van der Waals surface area contributed by atoms with Crippen LogP contribution in [0.25, 0.3) is 10.9 Å². The van der Waals surface area contributed by atoms with Crippen LogP contribution in [0.1, 0.15) is 0 Å². The summed E-state index contributed by atoms with van der Waals surface area (Å²) in [7, 11) is 0. The number of aromatic amines is 1. The molecular formula is C8H5ClFNS. The molecule has 0 radical (unpaired) electrons.